The minimum Gasteiger partial charge on any atom is -0.309 e. The molecule has 0 radical (unpaired) electrons. The summed E-state index contributed by atoms with van der Waals surface area (Å²) >= 11 is 6.18. The normalized spacial score (nSPS) is 12.7. The molecular formula is C15H21ClN4. The SMILES string of the molecule is CCNC(CC)c1ccc(-n2nc(C)c(Cl)c2C)cn1. The van der Waals surface area contributed by atoms with Crippen molar-refractivity contribution in [2.24, 2.45) is 0 Å². The summed E-state index contributed by atoms with van der Waals surface area (Å²) in [6.07, 6.45) is 2.87. The number of hydrogen-bond donors (Lipinski definition) is 1. The zero-order chi connectivity index (χ0) is 14.7. The summed E-state index contributed by atoms with van der Waals surface area (Å²) in [5, 5.41) is 8.58. The molecule has 5 heteroatoms. The molecule has 2 aromatic heterocycles. The molecule has 0 aliphatic carbocycles. The van der Waals surface area contributed by atoms with Crippen molar-refractivity contribution >= 4 is 11.6 Å². The minimum absolute atomic E-state index is 0.304. The first-order chi connectivity index (χ1) is 9.58. The van der Waals surface area contributed by atoms with Crippen LogP contribution in [0.3, 0.4) is 0 Å². The van der Waals surface area contributed by atoms with E-state index in [-0.39, 0.29) is 0 Å². The van der Waals surface area contributed by atoms with Gasteiger partial charge in [0.2, 0.25) is 0 Å². The van der Waals surface area contributed by atoms with Crippen molar-refractivity contribution in [2.45, 2.75) is 40.2 Å². The van der Waals surface area contributed by atoms with Gasteiger partial charge >= 0.3 is 0 Å². The Labute approximate surface area is 125 Å². The van der Waals surface area contributed by atoms with Gasteiger partial charge in [0, 0.05) is 6.04 Å². The van der Waals surface area contributed by atoms with Gasteiger partial charge in [-0.15, -0.1) is 0 Å². The topological polar surface area (TPSA) is 42.7 Å². The molecule has 20 heavy (non-hydrogen) atoms. The van der Waals surface area contributed by atoms with Gasteiger partial charge in [0.15, 0.2) is 0 Å². The Kier molecular flexibility index (Phi) is 4.78. The van der Waals surface area contributed by atoms with E-state index in [1.165, 1.54) is 0 Å². The summed E-state index contributed by atoms with van der Waals surface area (Å²) < 4.78 is 1.84. The Morgan fingerprint density at radius 3 is 2.50 bits per heavy atom. The molecule has 0 saturated carbocycles. The van der Waals surface area contributed by atoms with Gasteiger partial charge in [0.25, 0.3) is 0 Å². The summed E-state index contributed by atoms with van der Waals surface area (Å²) in [4.78, 5) is 4.56. The van der Waals surface area contributed by atoms with Gasteiger partial charge in [-0.25, -0.2) is 4.68 Å². The molecule has 0 aliphatic heterocycles. The number of rotatable bonds is 5. The van der Waals surface area contributed by atoms with Crippen molar-refractivity contribution in [2.75, 3.05) is 6.54 Å². The number of pyridine rings is 1. The molecule has 4 nitrogen and oxygen atoms in total. The van der Waals surface area contributed by atoms with Crippen molar-refractivity contribution in [3.8, 4) is 5.69 Å². The molecular weight excluding hydrogens is 272 g/mol. The van der Waals surface area contributed by atoms with Crippen LogP contribution in [-0.2, 0) is 0 Å². The second-order valence-corrected chi connectivity index (χ2v) is 5.23. The van der Waals surface area contributed by atoms with E-state index >= 15 is 0 Å². The largest absolute Gasteiger partial charge is 0.309 e. The fourth-order valence-electron chi connectivity index (χ4n) is 2.31. The van der Waals surface area contributed by atoms with E-state index < -0.39 is 0 Å². The van der Waals surface area contributed by atoms with E-state index in [9.17, 15) is 0 Å². The molecule has 1 atom stereocenters. The number of nitrogens with one attached hydrogen (secondary N) is 1. The highest BCUT2D eigenvalue weighted by Gasteiger charge is 2.13. The summed E-state index contributed by atoms with van der Waals surface area (Å²) in [5.41, 5.74) is 3.78. The maximum atomic E-state index is 6.18. The first-order valence-corrected chi connectivity index (χ1v) is 7.37. The predicted molar refractivity (Wildman–Crippen MR) is 82.6 cm³/mol. The number of hydrogen-bond acceptors (Lipinski definition) is 3. The predicted octanol–water partition coefficient (Wildman–Crippen LogP) is 3.60. The summed E-state index contributed by atoms with van der Waals surface area (Å²) in [7, 11) is 0. The van der Waals surface area contributed by atoms with E-state index in [4.69, 9.17) is 11.6 Å². The van der Waals surface area contributed by atoms with E-state index in [1.807, 2.05) is 30.8 Å². The molecule has 1 unspecified atom stereocenters. The van der Waals surface area contributed by atoms with Gasteiger partial charge in [0.05, 0.1) is 34.0 Å². The minimum atomic E-state index is 0.304. The molecule has 0 amide bonds. The lowest BCUT2D eigenvalue weighted by molar-refractivity contribution is 0.524. The highest BCUT2D eigenvalue weighted by atomic mass is 35.5. The monoisotopic (exact) mass is 292 g/mol. The van der Waals surface area contributed by atoms with E-state index in [2.05, 4.69) is 35.3 Å². The van der Waals surface area contributed by atoms with Crippen LogP contribution in [0.15, 0.2) is 18.3 Å². The standard InChI is InChI=1S/C15H21ClN4/c1-5-13(17-6-2)14-8-7-12(9-18-14)20-11(4)15(16)10(3)19-20/h7-9,13,17H,5-6H2,1-4H3. The average molecular weight is 293 g/mol. The lowest BCUT2D eigenvalue weighted by Crippen LogP contribution is -2.21. The number of aromatic nitrogens is 3. The number of halogens is 1. The van der Waals surface area contributed by atoms with Crippen molar-refractivity contribution in [1.29, 1.82) is 0 Å². The van der Waals surface area contributed by atoms with E-state index in [0.29, 0.717) is 11.1 Å². The zero-order valence-electron chi connectivity index (χ0n) is 12.4. The molecule has 2 heterocycles. The highest BCUT2D eigenvalue weighted by molar-refractivity contribution is 6.31. The Hall–Kier alpha value is -1.39. The number of aryl methyl sites for hydroxylation is 1. The van der Waals surface area contributed by atoms with Crippen molar-refractivity contribution in [1.82, 2.24) is 20.1 Å². The molecule has 0 spiro atoms. The summed E-state index contributed by atoms with van der Waals surface area (Å²) in [6.45, 7) is 9.07. The lowest BCUT2D eigenvalue weighted by Gasteiger charge is -2.15. The Morgan fingerprint density at radius 2 is 2.05 bits per heavy atom. The quantitative estimate of drug-likeness (QED) is 0.915. The van der Waals surface area contributed by atoms with Gasteiger partial charge < -0.3 is 5.32 Å². The average Bonchev–Trinajstić information content (AvgIpc) is 2.73. The molecule has 2 aromatic rings. The van der Waals surface area contributed by atoms with Crippen molar-refractivity contribution < 1.29 is 0 Å². The Morgan fingerprint density at radius 1 is 1.30 bits per heavy atom. The maximum Gasteiger partial charge on any atom is 0.0848 e. The van der Waals surface area contributed by atoms with Gasteiger partial charge in [0.1, 0.15) is 0 Å². The maximum absolute atomic E-state index is 6.18. The van der Waals surface area contributed by atoms with Crippen LogP contribution in [0.4, 0.5) is 0 Å². The van der Waals surface area contributed by atoms with E-state index in [1.54, 1.807) is 0 Å². The van der Waals surface area contributed by atoms with Crippen molar-refractivity contribution in [3.63, 3.8) is 0 Å². The molecule has 1 N–H and O–H groups in total. The third-order valence-electron chi connectivity index (χ3n) is 3.43. The molecule has 0 fully saturated rings. The van der Waals surface area contributed by atoms with Gasteiger partial charge in [-0.3, -0.25) is 4.98 Å². The zero-order valence-corrected chi connectivity index (χ0v) is 13.2. The van der Waals surface area contributed by atoms with Crippen LogP contribution in [-0.4, -0.2) is 21.3 Å². The second-order valence-electron chi connectivity index (χ2n) is 4.86. The van der Waals surface area contributed by atoms with Crippen LogP contribution in [0.2, 0.25) is 5.02 Å². The molecule has 0 saturated heterocycles. The van der Waals surface area contributed by atoms with Gasteiger partial charge in [-0.2, -0.15) is 5.10 Å². The fraction of sp³-hybridized carbons (Fsp3) is 0.467. The molecule has 0 aliphatic rings. The van der Waals surface area contributed by atoms with Crippen LogP contribution in [0, 0.1) is 13.8 Å². The molecule has 0 bridgehead atoms. The molecule has 2 rings (SSSR count). The fourth-order valence-corrected chi connectivity index (χ4v) is 2.43. The summed E-state index contributed by atoms with van der Waals surface area (Å²) in [5.74, 6) is 0. The van der Waals surface area contributed by atoms with Crippen molar-refractivity contribution in [3.05, 3.63) is 40.4 Å². The smallest absolute Gasteiger partial charge is 0.0848 e. The lowest BCUT2D eigenvalue weighted by atomic mass is 10.1. The third kappa shape index (κ3) is 2.86. The summed E-state index contributed by atoms with van der Waals surface area (Å²) in [6, 6.07) is 4.40. The first kappa shape index (κ1) is 15.0. The van der Waals surface area contributed by atoms with Crippen LogP contribution in [0.5, 0.6) is 0 Å². The van der Waals surface area contributed by atoms with Crippen LogP contribution in [0.25, 0.3) is 5.69 Å². The Balaban J connectivity index is 2.30. The second kappa shape index (κ2) is 6.37. The molecule has 0 aromatic carbocycles. The first-order valence-electron chi connectivity index (χ1n) is 6.99. The highest BCUT2D eigenvalue weighted by Crippen LogP contribution is 2.23. The number of nitrogens with zero attached hydrogens (tertiary/aromatic N) is 3. The van der Waals surface area contributed by atoms with Crippen LogP contribution >= 0.6 is 11.6 Å². The molecule has 108 valence electrons. The Bertz CT molecular complexity index is 574. The van der Waals surface area contributed by atoms with Crippen LogP contribution in [0.1, 0.15) is 43.4 Å². The van der Waals surface area contributed by atoms with Gasteiger partial charge in [-0.1, -0.05) is 25.4 Å². The van der Waals surface area contributed by atoms with E-state index in [0.717, 1.165) is 35.7 Å². The van der Waals surface area contributed by atoms with Crippen LogP contribution < -0.4 is 5.32 Å². The van der Waals surface area contributed by atoms with Gasteiger partial charge in [-0.05, 0) is 38.9 Å². The third-order valence-corrected chi connectivity index (χ3v) is 3.98.